The van der Waals surface area contributed by atoms with Crippen LogP contribution in [0.25, 0.3) is 0 Å². The Bertz CT molecular complexity index is 79.0. The lowest BCUT2D eigenvalue weighted by atomic mass is 10.4. The zero-order valence-corrected chi connectivity index (χ0v) is 8.97. The van der Waals surface area contributed by atoms with Crippen molar-refractivity contribution in [1.82, 2.24) is 5.32 Å². The lowest BCUT2D eigenvalue weighted by molar-refractivity contribution is 0.0472. The SMILES string of the molecule is CCCOCCOCCCNCC. The lowest BCUT2D eigenvalue weighted by Gasteiger charge is -2.04. The number of ether oxygens (including phenoxy) is 2. The second-order valence-electron chi connectivity index (χ2n) is 2.93. The molecular formula is C10H23NO2. The minimum absolute atomic E-state index is 0.728. The van der Waals surface area contributed by atoms with Crippen LogP contribution < -0.4 is 5.32 Å². The maximum Gasteiger partial charge on any atom is 0.0700 e. The summed E-state index contributed by atoms with van der Waals surface area (Å²) in [4.78, 5) is 0. The molecule has 0 aliphatic heterocycles. The van der Waals surface area contributed by atoms with E-state index in [4.69, 9.17) is 9.47 Å². The quantitative estimate of drug-likeness (QED) is 0.527. The van der Waals surface area contributed by atoms with Gasteiger partial charge in [0.25, 0.3) is 0 Å². The van der Waals surface area contributed by atoms with Crippen molar-refractivity contribution in [3.8, 4) is 0 Å². The van der Waals surface area contributed by atoms with Crippen LogP contribution in [0, 0.1) is 0 Å². The van der Waals surface area contributed by atoms with Crippen LogP contribution >= 0.6 is 0 Å². The van der Waals surface area contributed by atoms with Crippen molar-refractivity contribution in [2.45, 2.75) is 26.7 Å². The zero-order chi connectivity index (χ0) is 9.78. The predicted molar refractivity (Wildman–Crippen MR) is 55.1 cm³/mol. The van der Waals surface area contributed by atoms with Crippen LogP contribution in [0.4, 0.5) is 0 Å². The summed E-state index contributed by atoms with van der Waals surface area (Å²) in [5.41, 5.74) is 0. The van der Waals surface area contributed by atoms with Crippen molar-refractivity contribution >= 4 is 0 Å². The summed E-state index contributed by atoms with van der Waals surface area (Å²) in [6, 6.07) is 0. The van der Waals surface area contributed by atoms with Crippen LogP contribution in [-0.2, 0) is 9.47 Å². The summed E-state index contributed by atoms with van der Waals surface area (Å²) < 4.78 is 10.6. The Morgan fingerprint density at radius 1 is 0.923 bits per heavy atom. The monoisotopic (exact) mass is 189 g/mol. The van der Waals surface area contributed by atoms with Gasteiger partial charge < -0.3 is 14.8 Å². The molecule has 0 aliphatic carbocycles. The van der Waals surface area contributed by atoms with Gasteiger partial charge in [0.1, 0.15) is 0 Å². The van der Waals surface area contributed by atoms with Crippen LogP contribution in [0.15, 0.2) is 0 Å². The number of hydrogen-bond acceptors (Lipinski definition) is 3. The molecule has 0 amide bonds. The van der Waals surface area contributed by atoms with Gasteiger partial charge in [0.2, 0.25) is 0 Å². The fourth-order valence-electron chi connectivity index (χ4n) is 0.942. The van der Waals surface area contributed by atoms with Gasteiger partial charge in [-0.25, -0.2) is 0 Å². The van der Waals surface area contributed by atoms with Crippen LogP contribution in [-0.4, -0.2) is 39.5 Å². The van der Waals surface area contributed by atoms with Crippen LogP contribution in [0.5, 0.6) is 0 Å². The van der Waals surface area contributed by atoms with E-state index in [1.54, 1.807) is 0 Å². The molecule has 0 radical (unpaired) electrons. The summed E-state index contributed by atoms with van der Waals surface area (Å²) in [7, 11) is 0. The second kappa shape index (κ2) is 11.9. The van der Waals surface area contributed by atoms with Crippen molar-refractivity contribution in [1.29, 1.82) is 0 Å². The summed E-state index contributed by atoms with van der Waals surface area (Å²) in [5, 5.41) is 3.25. The van der Waals surface area contributed by atoms with Crippen LogP contribution in [0.1, 0.15) is 26.7 Å². The molecule has 0 fully saturated rings. The Hall–Kier alpha value is -0.120. The highest BCUT2D eigenvalue weighted by Gasteiger charge is 1.89. The van der Waals surface area contributed by atoms with Crippen molar-refractivity contribution in [3.05, 3.63) is 0 Å². The molecule has 0 aromatic heterocycles. The summed E-state index contributed by atoms with van der Waals surface area (Å²) in [6.07, 6.45) is 2.17. The minimum Gasteiger partial charge on any atom is -0.379 e. The normalized spacial score (nSPS) is 10.6. The van der Waals surface area contributed by atoms with Crippen LogP contribution in [0.2, 0.25) is 0 Å². The van der Waals surface area contributed by atoms with Gasteiger partial charge >= 0.3 is 0 Å². The van der Waals surface area contributed by atoms with E-state index in [1.807, 2.05) is 0 Å². The highest BCUT2D eigenvalue weighted by Crippen LogP contribution is 1.84. The number of nitrogens with one attached hydrogen (secondary N) is 1. The summed E-state index contributed by atoms with van der Waals surface area (Å²) in [5.74, 6) is 0. The average molecular weight is 189 g/mol. The van der Waals surface area contributed by atoms with Crippen molar-refractivity contribution in [2.75, 3.05) is 39.5 Å². The Balaban J connectivity index is 2.76. The van der Waals surface area contributed by atoms with Crippen LogP contribution in [0.3, 0.4) is 0 Å². The smallest absolute Gasteiger partial charge is 0.0700 e. The average Bonchev–Trinajstić information content (AvgIpc) is 2.16. The fraction of sp³-hybridized carbons (Fsp3) is 1.00. The molecule has 0 unspecified atom stereocenters. The third-order valence-corrected chi connectivity index (χ3v) is 1.61. The van der Waals surface area contributed by atoms with Gasteiger partial charge in [-0.2, -0.15) is 0 Å². The fourth-order valence-corrected chi connectivity index (χ4v) is 0.942. The van der Waals surface area contributed by atoms with Crippen molar-refractivity contribution in [2.24, 2.45) is 0 Å². The first-order valence-corrected chi connectivity index (χ1v) is 5.28. The van der Waals surface area contributed by atoms with E-state index in [1.165, 1.54) is 0 Å². The number of hydrogen-bond donors (Lipinski definition) is 1. The highest BCUT2D eigenvalue weighted by molar-refractivity contribution is 4.42. The zero-order valence-electron chi connectivity index (χ0n) is 8.97. The Morgan fingerprint density at radius 2 is 1.62 bits per heavy atom. The maximum absolute atomic E-state index is 5.36. The van der Waals surface area contributed by atoms with Gasteiger partial charge in [-0.1, -0.05) is 13.8 Å². The lowest BCUT2D eigenvalue weighted by Crippen LogP contribution is -2.16. The third kappa shape index (κ3) is 11.9. The molecule has 0 heterocycles. The second-order valence-corrected chi connectivity index (χ2v) is 2.93. The van der Waals surface area contributed by atoms with E-state index >= 15 is 0 Å². The Morgan fingerprint density at radius 3 is 2.23 bits per heavy atom. The van der Waals surface area contributed by atoms with E-state index in [9.17, 15) is 0 Å². The predicted octanol–water partition coefficient (Wildman–Crippen LogP) is 1.43. The molecule has 3 nitrogen and oxygen atoms in total. The summed E-state index contributed by atoms with van der Waals surface area (Å²) >= 11 is 0. The molecule has 0 bridgehead atoms. The molecule has 0 aromatic rings. The first-order chi connectivity index (χ1) is 6.41. The van der Waals surface area contributed by atoms with Gasteiger partial charge in [0.15, 0.2) is 0 Å². The Kier molecular flexibility index (Phi) is 11.8. The molecule has 0 saturated carbocycles. The van der Waals surface area contributed by atoms with E-state index in [0.717, 1.165) is 52.4 Å². The molecule has 1 N–H and O–H groups in total. The van der Waals surface area contributed by atoms with Gasteiger partial charge in [-0.3, -0.25) is 0 Å². The van der Waals surface area contributed by atoms with E-state index in [0.29, 0.717) is 0 Å². The largest absolute Gasteiger partial charge is 0.379 e. The third-order valence-electron chi connectivity index (χ3n) is 1.61. The van der Waals surface area contributed by atoms with Gasteiger partial charge in [-0.15, -0.1) is 0 Å². The molecule has 0 atom stereocenters. The molecule has 3 heteroatoms. The first kappa shape index (κ1) is 12.9. The van der Waals surface area contributed by atoms with Gasteiger partial charge in [0, 0.05) is 13.2 Å². The Labute approximate surface area is 81.8 Å². The van der Waals surface area contributed by atoms with E-state index in [-0.39, 0.29) is 0 Å². The molecule has 0 aliphatic rings. The van der Waals surface area contributed by atoms with E-state index < -0.39 is 0 Å². The highest BCUT2D eigenvalue weighted by atomic mass is 16.5. The van der Waals surface area contributed by atoms with E-state index in [2.05, 4.69) is 19.2 Å². The van der Waals surface area contributed by atoms with Crippen molar-refractivity contribution < 1.29 is 9.47 Å². The topological polar surface area (TPSA) is 30.5 Å². The van der Waals surface area contributed by atoms with Gasteiger partial charge in [0.05, 0.1) is 13.2 Å². The molecule has 0 saturated heterocycles. The van der Waals surface area contributed by atoms with Gasteiger partial charge in [-0.05, 0) is 25.9 Å². The molecule has 13 heavy (non-hydrogen) atoms. The minimum atomic E-state index is 0.728. The standard InChI is InChI=1S/C10H23NO2/c1-3-7-12-9-10-13-8-5-6-11-4-2/h11H,3-10H2,1-2H3. The molecule has 0 rings (SSSR count). The summed E-state index contributed by atoms with van der Waals surface area (Å²) in [6.45, 7) is 9.45. The van der Waals surface area contributed by atoms with Crippen molar-refractivity contribution in [3.63, 3.8) is 0 Å². The molecular weight excluding hydrogens is 166 g/mol. The number of rotatable bonds is 10. The maximum atomic E-state index is 5.36. The molecule has 0 aromatic carbocycles. The molecule has 0 spiro atoms. The first-order valence-electron chi connectivity index (χ1n) is 5.28. The molecule has 80 valence electrons.